The number of aromatic nitrogens is 3. The van der Waals surface area contributed by atoms with Crippen LogP contribution in [0.4, 0.5) is 0 Å². The van der Waals surface area contributed by atoms with Crippen LogP contribution in [0.5, 0.6) is 0 Å². The van der Waals surface area contributed by atoms with Crippen molar-refractivity contribution < 1.29 is 9.59 Å². The number of carbonyl (C=O) groups is 2. The number of nitrogens with one attached hydrogen (secondary N) is 1. The molecule has 2 aliphatic heterocycles. The number of carbonyl (C=O) groups excluding carboxylic acids is 2. The Bertz CT molecular complexity index is 691. The zero-order chi connectivity index (χ0) is 19.5. The summed E-state index contributed by atoms with van der Waals surface area (Å²) in [5.74, 6) is -0.0795. The third kappa shape index (κ3) is 4.37. The highest BCUT2D eigenvalue weighted by atomic mass is 16.2. The SMILES string of the molecule is CN(Cc1cn(C2CCN(C(=O)[C@@H]3CNC(=O)C3)CC2)nn1)C1CCCCC1. The Kier molecular flexibility index (Phi) is 5.94. The standard InChI is InChI=1S/C20H32N6O2/c1-24(17-5-3-2-4-6-17)13-16-14-26(23-22-16)18-7-9-25(10-8-18)20(28)15-11-19(27)21-12-15/h14-15,17-18H,2-13H2,1H3,(H,21,27)/t15-/m0/s1. The predicted molar refractivity (Wildman–Crippen MR) is 104 cm³/mol. The summed E-state index contributed by atoms with van der Waals surface area (Å²) in [6.07, 6.45) is 10.8. The molecule has 1 aliphatic carbocycles. The normalized spacial score (nSPS) is 24.7. The van der Waals surface area contributed by atoms with Gasteiger partial charge in [0.05, 0.1) is 23.9 Å². The molecule has 1 N–H and O–H groups in total. The van der Waals surface area contributed by atoms with Crippen LogP contribution in [0.2, 0.25) is 0 Å². The van der Waals surface area contributed by atoms with E-state index in [4.69, 9.17) is 0 Å². The van der Waals surface area contributed by atoms with E-state index in [1.807, 2.05) is 9.58 Å². The molecule has 3 fully saturated rings. The van der Waals surface area contributed by atoms with E-state index in [0.29, 0.717) is 25.0 Å². The molecule has 0 aromatic carbocycles. The van der Waals surface area contributed by atoms with Crippen molar-refractivity contribution in [3.8, 4) is 0 Å². The Balaban J connectivity index is 1.27. The van der Waals surface area contributed by atoms with Gasteiger partial charge in [-0.15, -0.1) is 5.10 Å². The van der Waals surface area contributed by atoms with Crippen molar-refractivity contribution in [1.82, 2.24) is 30.1 Å². The summed E-state index contributed by atoms with van der Waals surface area (Å²) in [4.78, 5) is 28.2. The van der Waals surface area contributed by atoms with Gasteiger partial charge in [-0.05, 0) is 32.7 Å². The molecule has 3 aliphatic rings. The second-order valence-electron chi connectivity index (χ2n) is 8.66. The van der Waals surface area contributed by atoms with Crippen molar-refractivity contribution in [1.29, 1.82) is 0 Å². The number of nitrogens with zero attached hydrogens (tertiary/aromatic N) is 5. The molecule has 1 atom stereocenters. The molecule has 8 heteroatoms. The maximum Gasteiger partial charge on any atom is 0.227 e. The van der Waals surface area contributed by atoms with E-state index >= 15 is 0 Å². The lowest BCUT2D eigenvalue weighted by Crippen LogP contribution is -2.42. The highest BCUT2D eigenvalue weighted by Crippen LogP contribution is 2.25. The fourth-order valence-corrected chi connectivity index (χ4v) is 4.86. The van der Waals surface area contributed by atoms with Crippen LogP contribution in [0.1, 0.15) is 63.1 Å². The molecule has 2 saturated heterocycles. The largest absolute Gasteiger partial charge is 0.355 e. The minimum Gasteiger partial charge on any atom is -0.355 e. The van der Waals surface area contributed by atoms with Crippen LogP contribution < -0.4 is 5.32 Å². The number of rotatable bonds is 5. The van der Waals surface area contributed by atoms with E-state index in [0.717, 1.165) is 38.2 Å². The topological polar surface area (TPSA) is 83.4 Å². The summed E-state index contributed by atoms with van der Waals surface area (Å²) < 4.78 is 1.99. The third-order valence-electron chi connectivity index (χ3n) is 6.64. The number of amides is 2. The van der Waals surface area contributed by atoms with E-state index < -0.39 is 0 Å². The zero-order valence-electron chi connectivity index (χ0n) is 16.8. The number of hydrogen-bond acceptors (Lipinski definition) is 5. The third-order valence-corrected chi connectivity index (χ3v) is 6.64. The Hall–Kier alpha value is -1.96. The minimum atomic E-state index is -0.183. The van der Waals surface area contributed by atoms with E-state index in [1.54, 1.807) is 0 Å². The Morgan fingerprint density at radius 2 is 1.96 bits per heavy atom. The van der Waals surface area contributed by atoms with E-state index in [9.17, 15) is 9.59 Å². The first-order valence-electron chi connectivity index (χ1n) is 10.8. The molecular formula is C20H32N6O2. The summed E-state index contributed by atoms with van der Waals surface area (Å²) in [5.41, 5.74) is 1.03. The monoisotopic (exact) mass is 388 g/mol. The smallest absolute Gasteiger partial charge is 0.227 e. The van der Waals surface area contributed by atoms with Crippen LogP contribution in [0.15, 0.2) is 6.20 Å². The van der Waals surface area contributed by atoms with Crippen LogP contribution >= 0.6 is 0 Å². The van der Waals surface area contributed by atoms with Crippen LogP contribution in [-0.2, 0) is 16.1 Å². The van der Waals surface area contributed by atoms with Gasteiger partial charge >= 0.3 is 0 Å². The molecule has 1 saturated carbocycles. The molecular weight excluding hydrogens is 356 g/mol. The van der Waals surface area contributed by atoms with Crippen molar-refractivity contribution in [2.24, 2.45) is 5.92 Å². The first-order valence-corrected chi connectivity index (χ1v) is 10.8. The molecule has 154 valence electrons. The molecule has 0 unspecified atom stereocenters. The minimum absolute atomic E-state index is 0.0124. The summed E-state index contributed by atoms with van der Waals surface area (Å²) in [7, 11) is 2.20. The van der Waals surface area contributed by atoms with Crippen molar-refractivity contribution >= 4 is 11.8 Å². The number of piperidine rings is 1. The quantitative estimate of drug-likeness (QED) is 0.823. The van der Waals surface area contributed by atoms with Gasteiger partial charge in [-0.3, -0.25) is 14.5 Å². The number of likely N-dealkylation sites (tertiary alicyclic amines) is 1. The van der Waals surface area contributed by atoms with Crippen LogP contribution in [0.25, 0.3) is 0 Å². The average Bonchev–Trinajstić information content (AvgIpc) is 3.37. The van der Waals surface area contributed by atoms with Gasteiger partial charge in [0.15, 0.2) is 0 Å². The Labute approximate surface area is 166 Å². The molecule has 1 aromatic heterocycles. The van der Waals surface area contributed by atoms with Gasteiger partial charge in [0.1, 0.15) is 0 Å². The van der Waals surface area contributed by atoms with E-state index in [2.05, 4.69) is 33.8 Å². The van der Waals surface area contributed by atoms with Crippen LogP contribution in [0.3, 0.4) is 0 Å². The van der Waals surface area contributed by atoms with Crippen molar-refractivity contribution in [3.63, 3.8) is 0 Å². The lowest BCUT2D eigenvalue weighted by atomic mass is 9.94. The van der Waals surface area contributed by atoms with Crippen molar-refractivity contribution in [2.45, 2.75) is 70.0 Å². The second kappa shape index (κ2) is 8.59. The molecule has 28 heavy (non-hydrogen) atoms. The van der Waals surface area contributed by atoms with Crippen LogP contribution in [-0.4, -0.2) is 69.3 Å². The molecule has 2 amide bonds. The lowest BCUT2D eigenvalue weighted by Gasteiger charge is -2.33. The van der Waals surface area contributed by atoms with Gasteiger partial charge in [0.2, 0.25) is 11.8 Å². The highest BCUT2D eigenvalue weighted by Gasteiger charge is 2.33. The fraction of sp³-hybridized carbons (Fsp3) is 0.800. The van der Waals surface area contributed by atoms with Gasteiger partial charge in [0, 0.05) is 38.6 Å². The molecule has 0 bridgehead atoms. The zero-order valence-corrected chi connectivity index (χ0v) is 16.8. The van der Waals surface area contributed by atoms with Crippen molar-refractivity contribution in [2.75, 3.05) is 26.7 Å². The Morgan fingerprint density at radius 1 is 1.21 bits per heavy atom. The summed E-state index contributed by atoms with van der Waals surface area (Å²) in [6.45, 7) is 2.79. The maximum absolute atomic E-state index is 12.6. The Morgan fingerprint density at radius 3 is 2.64 bits per heavy atom. The highest BCUT2D eigenvalue weighted by molar-refractivity contribution is 5.89. The van der Waals surface area contributed by atoms with Crippen molar-refractivity contribution in [3.05, 3.63) is 11.9 Å². The number of hydrogen-bond donors (Lipinski definition) is 1. The first-order chi connectivity index (χ1) is 13.6. The summed E-state index contributed by atoms with van der Waals surface area (Å²) in [6, 6.07) is 0.971. The summed E-state index contributed by atoms with van der Waals surface area (Å²) in [5, 5.41) is 11.5. The van der Waals surface area contributed by atoms with Crippen LogP contribution in [0, 0.1) is 5.92 Å². The van der Waals surface area contributed by atoms with Gasteiger partial charge < -0.3 is 10.2 Å². The van der Waals surface area contributed by atoms with E-state index in [1.165, 1.54) is 32.1 Å². The molecule has 1 aromatic rings. The molecule has 8 nitrogen and oxygen atoms in total. The maximum atomic E-state index is 12.6. The van der Waals surface area contributed by atoms with E-state index in [-0.39, 0.29) is 17.7 Å². The van der Waals surface area contributed by atoms with Gasteiger partial charge in [0.25, 0.3) is 0 Å². The average molecular weight is 389 g/mol. The predicted octanol–water partition coefficient (Wildman–Crippen LogP) is 1.34. The van der Waals surface area contributed by atoms with Gasteiger partial charge in [-0.25, -0.2) is 4.68 Å². The molecule has 0 spiro atoms. The van der Waals surface area contributed by atoms with Gasteiger partial charge in [-0.1, -0.05) is 24.5 Å². The molecule has 0 radical (unpaired) electrons. The second-order valence-corrected chi connectivity index (χ2v) is 8.66. The van der Waals surface area contributed by atoms with Gasteiger partial charge in [-0.2, -0.15) is 0 Å². The molecule has 3 heterocycles. The lowest BCUT2D eigenvalue weighted by molar-refractivity contribution is -0.137. The summed E-state index contributed by atoms with van der Waals surface area (Å²) >= 11 is 0. The molecule has 4 rings (SSSR count). The fourth-order valence-electron chi connectivity index (χ4n) is 4.86. The first kappa shape index (κ1) is 19.4.